The van der Waals surface area contributed by atoms with Crippen molar-refractivity contribution < 1.29 is 9.90 Å². The van der Waals surface area contributed by atoms with Gasteiger partial charge in [-0.1, -0.05) is 18.2 Å². The first-order valence-electron chi connectivity index (χ1n) is 6.74. The van der Waals surface area contributed by atoms with Crippen LogP contribution in [0.5, 0.6) is 0 Å². The van der Waals surface area contributed by atoms with E-state index in [2.05, 4.69) is 23.5 Å². The third-order valence-electron chi connectivity index (χ3n) is 4.26. The van der Waals surface area contributed by atoms with Crippen molar-refractivity contribution in [2.45, 2.75) is 38.6 Å². The van der Waals surface area contributed by atoms with E-state index in [4.69, 9.17) is 5.11 Å². The van der Waals surface area contributed by atoms with Crippen LogP contribution in [0.2, 0.25) is 0 Å². The van der Waals surface area contributed by atoms with Crippen LogP contribution in [0.1, 0.15) is 36.0 Å². The molecule has 96 valence electrons. The van der Waals surface area contributed by atoms with Crippen LogP contribution in [0, 0.1) is 5.41 Å². The van der Waals surface area contributed by atoms with Gasteiger partial charge in [0.15, 0.2) is 0 Å². The fraction of sp³-hybridized carbons (Fsp3) is 0.533. The topological polar surface area (TPSA) is 49.3 Å². The Morgan fingerprint density at radius 3 is 2.78 bits per heavy atom. The van der Waals surface area contributed by atoms with Gasteiger partial charge in [-0.25, -0.2) is 0 Å². The Labute approximate surface area is 107 Å². The monoisotopic (exact) mass is 245 g/mol. The average molecular weight is 245 g/mol. The van der Waals surface area contributed by atoms with E-state index in [-0.39, 0.29) is 0 Å². The molecule has 3 rings (SSSR count). The number of hydrogen-bond donors (Lipinski definition) is 2. The third-order valence-corrected chi connectivity index (χ3v) is 4.26. The molecular weight excluding hydrogens is 226 g/mol. The van der Waals surface area contributed by atoms with E-state index < -0.39 is 11.4 Å². The van der Waals surface area contributed by atoms with Gasteiger partial charge < -0.3 is 10.4 Å². The number of carboxylic acids is 1. The van der Waals surface area contributed by atoms with E-state index in [0.717, 1.165) is 19.4 Å². The van der Waals surface area contributed by atoms with E-state index >= 15 is 0 Å². The molecule has 2 aliphatic rings. The summed E-state index contributed by atoms with van der Waals surface area (Å²) in [5, 5.41) is 12.4. The predicted molar refractivity (Wildman–Crippen MR) is 69.5 cm³/mol. The van der Waals surface area contributed by atoms with E-state index in [0.29, 0.717) is 6.54 Å². The summed E-state index contributed by atoms with van der Waals surface area (Å²) in [6, 6.07) is 6.66. The van der Waals surface area contributed by atoms with Gasteiger partial charge in [-0.05, 0) is 48.8 Å². The van der Waals surface area contributed by atoms with Crippen molar-refractivity contribution in [1.29, 1.82) is 0 Å². The summed E-state index contributed by atoms with van der Waals surface area (Å²) in [4.78, 5) is 11.0. The molecule has 0 aliphatic heterocycles. The van der Waals surface area contributed by atoms with Crippen LogP contribution >= 0.6 is 0 Å². The molecule has 3 heteroatoms. The molecule has 0 spiro atoms. The molecule has 18 heavy (non-hydrogen) atoms. The van der Waals surface area contributed by atoms with E-state index in [1.54, 1.807) is 0 Å². The lowest BCUT2D eigenvalue weighted by atomic mass is 10.1. The summed E-state index contributed by atoms with van der Waals surface area (Å²) in [5.41, 5.74) is 3.78. The number of carboxylic acid groups (broad SMARTS) is 1. The molecule has 1 aromatic carbocycles. The van der Waals surface area contributed by atoms with Gasteiger partial charge in [0.25, 0.3) is 0 Å². The first-order chi connectivity index (χ1) is 8.70. The van der Waals surface area contributed by atoms with E-state index in [1.807, 2.05) is 0 Å². The Morgan fingerprint density at radius 2 is 2.06 bits per heavy atom. The Hall–Kier alpha value is -1.35. The second-order valence-corrected chi connectivity index (χ2v) is 5.65. The van der Waals surface area contributed by atoms with Gasteiger partial charge in [0, 0.05) is 13.1 Å². The number of rotatable bonds is 5. The maximum Gasteiger partial charge on any atom is 0.310 e. The fourth-order valence-corrected chi connectivity index (χ4v) is 2.80. The van der Waals surface area contributed by atoms with Gasteiger partial charge in [0.2, 0.25) is 0 Å². The molecule has 1 saturated carbocycles. The van der Waals surface area contributed by atoms with Crippen LogP contribution < -0.4 is 5.32 Å². The average Bonchev–Trinajstić information content (AvgIpc) is 3.00. The fourth-order valence-electron chi connectivity index (χ4n) is 2.80. The number of aliphatic carboxylic acids is 1. The summed E-state index contributed by atoms with van der Waals surface area (Å²) < 4.78 is 0. The zero-order valence-electron chi connectivity index (χ0n) is 10.5. The van der Waals surface area contributed by atoms with Gasteiger partial charge in [-0.15, -0.1) is 0 Å². The minimum atomic E-state index is -0.649. The number of nitrogens with one attached hydrogen (secondary N) is 1. The van der Waals surface area contributed by atoms with Gasteiger partial charge in [-0.3, -0.25) is 4.79 Å². The van der Waals surface area contributed by atoms with Crippen molar-refractivity contribution in [3.63, 3.8) is 0 Å². The summed E-state index contributed by atoms with van der Waals surface area (Å²) >= 11 is 0. The van der Waals surface area contributed by atoms with Crippen molar-refractivity contribution in [2.24, 2.45) is 5.41 Å². The van der Waals surface area contributed by atoms with E-state index in [1.165, 1.54) is 36.0 Å². The Kier molecular flexibility index (Phi) is 2.86. The SMILES string of the molecule is O=C(O)C1(CNCc2ccc3c(c2)CCC3)CC1. The van der Waals surface area contributed by atoms with Gasteiger partial charge in [0.05, 0.1) is 5.41 Å². The smallest absolute Gasteiger partial charge is 0.310 e. The van der Waals surface area contributed by atoms with Crippen molar-refractivity contribution >= 4 is 5.97 Å². The zero-order chi connectivity index (χ0) is 12.6. The van der Waals surface area contributed by atoms with E-state index in [9.17, 15) is 4.79 Å². The van der Waals surface area contributed by atoms with Crippen molar-refractivity contribution in [3.8, 4) is 0 Å². The Bertz CT molecular complexity index is 477. The molecule has 1 aromatic rings. The largest absolute Gasteiger partial charge is 0.481 e. The Morgan fingerprint density at radius 1 is 1.28 bits per heavy atom. The summed E-state index contributed by atoms with van der Waals surface area (Å²) in [6.07, 6.45) is 5.32. The molecule has 0 atom stereocenters. The molecule has 3 nitrogen and oxygen atoms in total. The standard InChI is InChI=1S/C15H19NO2/c17-14(18)15(6-7-15)10-16-9-11-4-5-12-2-1-3-13(12)8-11/h4-5,8,16H,1-3,6-7,9-10H2,(H,17,18). The van der Waals surface area contributed by atoms with Crippen molar-refractivity contribution in [2.75, 3.05) is 6.54 Å². The number of benzene rings is 1. The highest BCUT2D eigenvalue weighted by Crippen LogP contribution is 2.45. The zero-order valence-corrected chi connectivity index (χ0v) is 10.5. The van der Waals surface area contributed by atoms with Gasteiger partial charge in [-0.2, -0.15) is 0 Å². The summed E-state index contributed by atoms with van der Waals surface area (Å²) in [5.74, 6) is -0.649. The van der Waals surface area contributed by atoms with Crippen LogP contribution in [-0.2, 0) is 24.2 Å². The van der Waals surface area contributed by atoms with Gasteiger partial charge in [0.1, 0.15) is 0 Å². The molecule has 0 aromatic heterocycles. The number of carbonyl (C=O) groups is 1. The lowest BCUT2D eigenvalue weighted by molar-refractivity contribution is -0.143. The van der Waals surface area contributed by atoms with Crippen LogP contribution in [0.15, 0.2) is 18.2 Å². The summed E-state index contributed by atoms with van der Waals surface area (Å²) in [7, 11) is 0. The van der Waals surface area contributed by atoms with Crippen LogP contribution in [0.3, 0.4) is 0 Å². The second kappa shape index (κ2) is 4.39. The number of aryl methyl sites for hydroxylation is 2. The molecule has 1 fully saturated rings. The summed E-state index contributed by atoms with van der Waals surface area (Å²) in [6.45, 7) is 1.38. The predicted octanol–water partition coefficient (Wildman–Crippen LogP) is 2.13. The minimum absolute atomic E-state index is 0.462. The van der Waals surface area contributed by atoms with Crippen LogP contribution in [0.25, 0.3) is 0 Å². The molecule has 2 N–H and O–H groups in total. The lowest BCUT2D eigenvalue weighted by Crippen LogP contribution is -2.29. The van der Waals surface area contributed by atoms with Crippen LogP contribution in [-0.4, -0.2) is 17.6 Å². The lowest BCUT2D eigenvalue weighted by Gasteiger charge is -2.11. The molecule has 0 unspecified atom stereocenters. The van der Waals surface area contributed by atoms with Gasteiger partial charge >= 0.3 is 5.97 Å². The second-order valence-electron chi connectivity index (χ2n) is 5.65. The molecule has 0 saturated heterocycles. The molecule has 2 aliphatic carbocycles. The molecular formula is C15H19NO2. The quantitative estimate of drug-likeness (QED) is 0.835. The highest BCUT2D eigenvalue weighted by Gasteiger charge is 2.49. The molecule has 0 amide bonds. The normalized spacial score (nSPS) is 19.6. The number of hydrogen-bond acceptors (Lipinski definition) is 2. The number of fused-ring (bicyclic) bond motifs is 1. The molecule has 0 radical (unpaired) electrons. The molecule has 0 heterocycles. The highest BCUT2D eigenvalue weighted by molar-refractivity contribution is 5.78. The Balaban J connectivity index is 1.56. The first-order valence-corrected chi connectivity index (χ1v) is 6.74. The minimum Gasteiger partial charge on any atom is -0.481 e. The highest BCUT2D eigenvalue weighted by atomic mass is 16.4. The van der Waals surface area contributed by atoms with Crippen molar-refractivity contribution in [3.05, 3.63) is 34.9 Å². The van der Waals surface area contributed by atoms with Crippen molar-refractivity contribution in [1.82, 2.24) is 5.32 Å². The first kappa shape index (κ1) is 11.7. The van der Waals surface area contributed by atoms with Crippen LogP contribution in [0.4, 0.5) is 0 Å². The molecule has 0 bridgehead atoms. The maximum atomic E-state index is 11.0. The third kappa shape index (κ3) is 2.15. The maximum absolute atomic E-state index is 11.0.